The van der Waals surface area contributed by atoms with E-state index in [-0.39, 0.29) is 0 Å². The van der Waals surface area contributed by atoms with Gasteiger partial charge in [0.25, 0.3) is 0 Å². The Hall–Kier alpha value is -1.74. The first kappa shape index (κ1) is 14.7. The molecule has 0 aliphatic carbocycles. The molecular weight excluding hydrogens is 248 g/mol. The van der Waals surface area contributed by atoms with Gasteiger partial charge in [0.2, 0.25) is 0 Å². The summed E-state index contributed by atoms with van der Waals surface area (Å²) in [5.74, 6) is 2.02. The lowest BCUT2D eigenvalue weighted by Crippen LogP contribution is -2.22. The fraction of sp³-hybridized carbons (Fsp3) is 0.412. The zero-order valence-electron chi connectivity index (χ0n) is 12.6. The molecule has 1 aromatic heterocycles. The third-order valence-electron chi connectivity index (χ3n) is 3.45. The standard InChI is InChI=1S/C17H24N2O/c1-4-18-12-15-10-11-16(20-15)13-19(5-2)17-9-7-6-8-14(17)3/h6-11,18H,4-5,12-13H2,1-3H3. The lowest BCUT2D eigenvalue weighted by molar-refractivity contribution is 0.446. The van der Waals surface area contributed by atoms with Crippen LogP contribution in [0.3, 0.4) is 0 Å². The highest BCUT2D eigenvalue weighted by Crippen LogP contribution is 2.22. The summed E-state index contributed by atoms with van der Waals surface area (Å²) < 4.78 is 5.88. The van der Waals surface area contributed by atoms with Gasteiger partial charge in [-0.1, -0.05) is 25.1 Å². The molecule has 1 N–H and O–H groups in total. The summed E-state index contributed by atoms with van der Waals surface area (Å²) in [5.41, 5.74) is 2.58. The molecule has 3 nitrogen and oxygen atoms in total. The molecule has 0 aliphatic heterocycles. The van der Waals surface area contributed by atoms with Gasteiger partial charge in [-0.2, -0.15) is 0 Å². The van der Waals surface area contributed by atoms with Gasteiger partial charge in [-0.05, 0) is 44.2 Å². The molecule has 2 aromatic rings. The van der Waals surface area contributed by atoms with Crippen LogP contribution in [0.25, 0.3) is 0 Å². The van der Waals surface area contributed by atoms with Crippen LogP contribution in [0.2, 0.25) is 0 Å². The minimum Gasteiger partial charge on any atom is -0.463 e. The molecule has 0 radical (unpaired) electrons. The first-order valence-electron chi connectivity index (χ1n) is 7.33. The van der Waals surface area contributed by atoms with Gasteiger partial charge < -0.3 is 14.6 Å². The fourth-order valence-corrected chi connectivity index (χ4v) is 2.32. The summed E-state index contributed by atoms with van der Waals surface area (Å²) in [4.78, 5) is 2.34. The van der Waals surface area contributed by atoms with E-state index in [0.29, 0.717) is 0 Å². The first-order valence-corrected chi connectivity index (χ1v) is 7.33. The second-order valence-electron chi connectivity index (χ2n) is 4.95. The predicted molar refractivity (Wildman–Crippen MR) is 84.0 cm³/mol. The number of anilines is 1. The number of rotatable bonds is 7. The van der Waals surface area contributed by atoms with E-state index in [1.54, 1.807) is 0 Å². The van der Waals surface area contributed by atoms with Gasteiger partial charge in [0.1, 0.15) is 11.5 Å². The Morgan fingerprint density at radius 1 is 1.05 bits per heavy atom. The maximum atomic E-state index is 5.88. The summed E-state index contributed by atoms with van der Waals surface area (Å²) in [5, 5.41) is 3.28. The molecule has 0 fully saturated rings. The van der Waals surface area contributed by atoms with E-state index >= 15 is 0 Å². The molecular formula is C17H24N2O. The maximum Gasteiger partial charge on any atom is 0.123 e. The Labute approximate surface area is 121 Å². The topological polar surface area (TPSA) is 28.4 Å². The molecule has 0 saturated heterocycles. The van der Waals surface area contributed by atoms with Crippen molar-refractivity contribution < 1.29 is 4.42 Å². The molecule has 1 aromatic carbocycles. The van der Waals surface area contributed by atoms with Crippen molar-refractivity contribution in [2.24, 2.45) is 0 Å². The molecule has 20 heavy (non-hydrogen) atoms. The van der Waals surface area contributed by atoms with E-state index in [4.69, 9.17) is 4.42 Å². The predicted octanol–water partition coefficient (Wildman–Crippen LogP) is 3.72. The van der Waals surface area contributed by atoms with Crippen molar-refractivity contribution in [2.45, 2.75) is 33.9 Å². The van der Waals surface area contributed by atoms with Gasteiger partial charge in [-0.3, -0.25) is 0 Å². The van der Waals surface area contributed by atoms with Crippen LogP contribution in [0.1, 0.15) is 30.9 Å². The second kappa shape index (κ2) is 7.15. The van der Waals surface area contributed by atoms with Crippen molar-refractivity contribution in [2.75, 3.05) is 18.0 Å². The molecule has 0 unspecified atom stereocenters. The van der Waals surface area contributed by atoms with Crippen molar-refractivity contribution >= 4 is 5.69 Å². The van der Waals surface area contributed by atoms with Gasteiger partial charge in [-0.25, -0.2) is 0 Å². The summed E-state index contributed by atoms with van der Waals surface area (Å²) in [6.45, 7) is 9.96. The lowest BCUT2D eigenvalue weighted by atomic mass is 10.2. The minimum absolute atomic E-state index is 0.799. The van der Waals surface area contributed by atoms with Crippen LogP contribution in [0.15, 0.2) is 40.8 Å². The van der Waals surface area contributed by atoms with E-state index < -0.39 is 0 Å². The third kappa shape index (κ3) is 3.64. The number of para-hydroxylation sites is 1. The lowest BCUT2D eigenvalue weighted by Gasteiger charge is -2.23. The van der Waals surface area contributed by atoms with E-state index in [0.717, 1.165) is 37.7 Å². The Morgan fingerprint density at radius 3 is 2.50 bits per heavy atom. The van der Waals surface area contributed by atoms with Gasteiger partial charge in [0.15, 0.2) is 0 Å². The highest BCUT2D eigenvalue weighted by molar-refractivity contribution is 5.52. The van der Waals surface area contributed by atoms with E-state index in [1.165, 1.54) is 11.3 Å². The number of nitrogens with zero attached hydrogens (tertiary/aromatic N) is 1. The van der Waals surface area contributed by atoms with Gasteiger partial charge in [0.05, 0.1) is 13.1 Å². The van der Waals surface area contributed by atoms with Gasteiger partial charge in [-0.15, -0.1) is 0 Å². The highest BCUT2D eigenvalue weighted by atomic mass is 16.3. The quantitative estimate of drug-likeness (QED) is 0.832. The molecule has 0 bridgehead atoms. The molecule has 2 rings (SSSR count). The van der Waals surface area contributed by atoms with Gasteiger partial charge >= 0.3 is 0 Å². The van der Waals surface area contributed by atoms with Crippen LogP contribution in [-0.4, -0.2) is 13.1 Å². The Morgan fingerprint density at radius 2 is 1.80 bits per heavy atom. The summed E-state index contributed by atoms with van der Waals surface area (Å²) in [7, 11) is 0. The smallest absolute Gasteiger partial charge is 0.123 e. The zero-order valence-corrected chi connectivity index (χ0v) is 12.6. The Bertz CT molecular complexity index is 533. The average Bonchev–Trinajstić information content (AvgIpc) is 2.91. The van der Waals surface area contributed by atoms with Crippen LogP contribution in [0.4, 0.5) is 5.69 Å². The van der Waals surface area contributed by atoms with Crippen molar-refractivity contribution in [1.82, 2.24) is 5.32 Å². The summed E-state index contributed by atoms with van der Waals surface area (Å²) in [6, 6.07) is 12.6. The normalized spacial score (nSPS) is 10.8. The number of nitrogens with one attached hydrogen (secondary N) is 1. The summed E-state index contributed by atoms with van der Waals surface area (Å²) in [6.07, 6.45) is 0. The molecule has 0 amide bonds. The van der Waals surface area contributed by atoms with Crippen LogP contribution in [-0.2, 0) is 13.1 Å². The minimum atomic E-state index is 0.799. The number of furan rings is 1. The SMILES string of the molecule is CCNCc1ccc(CN(CC)c2ccccc2C)o1. The Balaban J connectivity index is 2.07. The van der Waals surface area contributed by atoms with Crippen molar-refractivity contribution in [3.05, 3.63) is 53.5 Å². The molecule has 0 spiro atoms. The zero-order chi connectivity index (χ0) is 14.4. The van der Waals surface area contributed by atoms with Crippen LogP contribution in [0, 0.1) is 6.92 Å². The highest BCUT2D eigenvalue weighted by Gasteiger charge is 2.10. The second-order valence-corrected chi connectivity index (χ2v) is 4.95. The number of aryl methyl sites for hydroxylation is 1. The fourth-order valence-electron chi connectivity index (χ4n) is 2.32. The number of hydrogen-bond donors (Lipinski definition) is 1. The molecule has 0 aliphatic rings. The third-order valence-corrected chi connectivity index (χ3v) is 3.45. The largest absolute Gasteiger partial charge is 0.463 e. The van der Waals surface area contributed by atoms with Crippen molar-refractivity contribution in [3.8, 4) is 0 Å². The molecule has 1 heterocycles. The maximum absolute atomic E-state index is 5.88. The monoisotopic (exact) mass is 272 g/mol. The van der Waals surface area contributed by atoms with E-state index in [2.05, 4.69) is 67.4 Å². The van der Waals surface area contributed by atoms with E-state index in [9.17, 15) is 0 Å². The van der Waals surface area contributed by atoms with Gasteiger partial charge in [0, 0.05) is 12.2 Å². The molecule has 108 valence electrons. The first-order chi connectivity index (χ1) is 9.74. The van der Waals surface area contributed by atoms with Crippen molar-refractivity contribution in [1.29, 1.82) is 0 Å². The average molecular weight is 272 g/mol. The van der Waals surface area contributed by atoms with E-state index in [1.807, 2.05) is 0 Å². The van der Waals surface area contributed by atoms with Crippen LogP contribution >= 0.6 is 0 Å². The molecule has 0 atom stereocenters. The molecule has 3 heteroatoms. The number of benzene rings is 1. The number of hydrogen-bond acceptors (Lipinski definition) is 3. The summed E-state index contributed by atoms with van der Waals surface area (Å²) >= 11 is 0. The van der Waals surface area contributed by atoms with Crippen LogP contribution < -0.4 is 10.2 Å². The Kier molecular flexibility index (Phi) is 5.24. The van der Waals surface area contributed by atoms with Crippen molar-refractivity contribution in [3.63, 3.8) is 0 Å². The molecule has 0 saturated carbocycles. The van der Waals surface area contributed by atoms with Crippen LogP contribution in [0.5, 0.6) is 0 Å².